The van der Waals surface area contributed by atoms with Crippen LogP contribution in [0.5, 0.6) is 0 Å². The minimum atomic E-state index is 0.603. The fourth-order valence-electron chi connectivity index (χ4n) is 3.57. The molecule has 4 rings (SSSR count). The normalized spacial score (nSPS) is 18.5. The lowest BCUT2D eigenvalue weighted by Gasteiger charge is -2.34. The molecule has 0 saturated carbocycles. The smallest absolute Gasteiger partial charge is 0.241 e. The van der Waals surface area contributed by atoms with Crippen LogP contribution in [-0.2, 0) is 13.0 Å². The highest BCUT2D eigenvalue weighted by molar-refractivity contribution is 7.13. The molecule has 1 aliphatic rings. The van der Waals surface area contributed by atoms with E-state index in [1.807, 2.05) is 17.5 Å². The van der Waals surface area contributed by atoms with Crippen LogP contribution in [0, 0.1) is 0 Å². The summed E-state index contributed by atoms with van der Waals surface area (Å²) in [4.78, 5) is 8.18. The van der Waals surface area contributed by atoms with Crippen LogP contribution in [0.4, 0.5) is 0 Å². The number of likely N-dealkylation sites (tertiary alicyclic amines) is 1. The van der Waals surface area contributed by atoms with Crippen LogP contribution in [0.15, 0.2) is 52.4 Å². The number of aromatic nitrogens is 2. The molecular formula is C20H23N3OS. The Morgan fingerprint density at radius 3 is 2.88 bits per heavy atom. The van der Waals surface area contributed by atoms with E-state index in [1.54, 1.807) is 11.3 Å². The molecule has 0 aliphatic carbocycles. The molecule has 3 aromatic rings. The van der Waals surface area contributed by atoms with Gasteiger partial charge in [-0.15, -0.1) is 11.3 Å². The molecule has 0 N–H and O–H groups in total. The minimum absolute atomic E-state index is 0.603. The van der Waals surface area contributed by atoms with Crippen LogP contribution >= 0.6 is 11.3 Å². The predicted molar refractivity (Wildman–Crippen MR) is 100 cm³/mol. The zero-order valence-corrected chi connectivity index (χ0v) is 15.1. The van der Waals surface area contributed by atoms with E-state index in [-0.39, 0.29) is 0 Å². The number of aryl methyl sites for hydroxylation is 1. The first-order valence-corrected chi connectivity index (χ1v) is 9.91. The molecule has 1 aliphatic heterocycles. The monoisotopic (exact) mass is 353 g/mol. The third-order valence-corrected chi connectivity index (χ3v) is 5.77. The first kappa shape index (κ1) is 16.5. The Hall–Kier alpha value is -1.98. The van der Waals surface area contributed by atoms with Crippen LogP contribution in [0.3, 0.4) is 0 Å². The van der Waals surface area contributed by atoms with E-state index in [4.69, 9.17) is 4.52 Å². The highest BCUT2D eigenvalue weighted by Crippen LogP contribution is 2.25. The van der Waals surface area contributed by atoms with Gasteiger partial charge in [0.15, 0.2) is 0 Å². The van der Waals surface area contributed by atoms with Crippen LogP contribution in [0.1, 0.15) is 37.1 Å². The lowest BCUT2D eigenvalue weighted by Crippen LogP contribution is -2.39. The van der Waals surface area contributed by atoms with E-state index >= 15 is 0 Å². The Morgan fingerprint density at radius 1 is 1.12 bits per heavy atom. The van der Waals surface area contributed by atoms with Gasteiger partial charge in [-0.25, -0.2) is 0 Å². The zero-order chi connectivity index (χ0) is 16.9. The van der Waals surface area contributed by atoms with Crippen LogP contribution in [0.2, 0.25) is 0 Å². The molecule has 4 nitrogen and oxygen atoms in total. The minimum Gasteiger partial charge on any atom is -0.338 e. The SMILES string of the molecule is c1ccc(CC[C@H]2CCCCN2Cc2nc(-c3cccs3)no2)cc1. The number of hydrogen-bond acceptors (Lipinski definition) is 5. The van der Waals surface area contributed by atoms with Gasteiger partial charge in [0.1, 0.15) is 0 Å². The quantitative estimate of drug-likeness (QED) is 0.639. The first-order chi connectivity index (χ1) is 12.4. The fourth-order valence-corrected chi connectivity index (χ4v) is 4.22. The number of rotatable bonds is 6. The van der Waals surface area contributed by atoms with Crippen molar-refractivity contribution in [3.8, 4) is 10.7 Å². The molecule has 0 amide bonds. The molecule has 3 heterocycles. The van der Waals surface area contributed by atoms with Gasteiger partial charge in [-0.1, -0.05) is 48.0 Å². The summed E-state index contributed by atoms with van der Waals surface area (Å²) in [6.07, 6.45) is 6.16. The van der Waals surface area contributed by atoms with Gasteiger partial charge in [0.05, 0.1) is 11.4 Å². The molecular weight excluding hydrogens is 330 g/mol. The highest BCUT2D eigenvalue weighted by atomic mass is 32.1. The number of thiophene rings is 1. The third kappa shape index (κ3) is 4.17. The summed E-state index contributed by atoms with van der Waals surface area (Å²) in [5, 5.41) is 6.18. The van der Waals surface area contributed by atoms with Crippen molar-refractivity contribution in [1.29, 1.82) is 0 Å². The van der Waals surface area contributed by atoms with E-state index in [0.29, 0.717) is 11.9 Å². The molecule has 2 aromatic heterocycles. The average molecular weight is 353 g/mol. The topological polar surface area (TPSA) is 42.2 Å². The van der Waals surface area contributed by atoms with E-state index in [1.165, 1.54) is 31.2 Å². The van der Waals surface area contributed by atoms with Crippen LogP contribution < -0.4 is 0 Å². The van der Waals surface area contributed by atoms with E-state index in [0.717, 1.165) is 30.3 Å². The standard InChI is InChI=1S/C20H23N3OS/c1-2-7-16(8-3-1)11-12-17-9-4-5-13-23(17)15-19-21-20(22-24-19)18-10-6-14-25-18/h1-3,6-8,10,14,17H,4-5,9,11-13,15H2/t17-/m1/s1. The van der Waals surface area contributed by atoms with Crippen molar-refractivity contribution in [2.24, 2.45) is 0 Å². The van der Waals surface area contributed by atoms with Crippen LogP contribution in [0.25, 0.3) is 10.7 Å². The van der Waals surface area contributed by atoms with Crippen LogP contribution in [-0.4, -0.2) is 27.6 Å². The van der Waals surface area contributed by atoms with Gasteiger partial charge in [0.25, 0.3) is 0 Å². The summed E-state index contributed by atoms with van der Waals surface area (Å²) in [5.41, 5.74) is 1.42. The van der Waals surface area contributed by atoms with Gasteiger partial charge in [0, 0.05) is 6.04 Å². The summed E-state index contributed by atoms with van der Waals surface area (Å²) < 4.78 is 5.51. The largest absolute Gasteiger partial charge is 0.338 e. The first-order valence-electron chi connectivity index (χ1n) is 9.03. The second-order valence-electron chi connectivity index (χ2n) is 6.63. The summed E-state index contributed by atoms with van der Waals surface area (Å²) in [6, 6.07) is 15.4. The summed E-state index contributed by atoms with van der Waals surface area (Å²) in [6.45, 7) is 1.88. The molecule has 5 heteroatoms. The van der Waals surface area contributed by atoms with Crippen molar-refractivity contribution in [3.05, 3.63) is 59.3 Å². The number of piperidine rings is 1. The average Bonchev–Trinajstić information content (AvgIpc) is 3.33. The maximum absolute atomic E-state index is 5.51. The molecule has 0 radical (unpaired) electrons. The van der Waals surface area contributed by atoms with Gasteiger partial charge < -0.3 is 4.52 Å². The molecule has 1 saturated heterocycles. The van der Waals surface area contributed by atoms with E-state index in [9.17, 15) is 0 Å². The van der Waals surface area contributed by atoms with E-state index < -0.39 is 0 Å². The van der Waals surface area contributed by atoms with Gasteiger partial charge in [0.2, 0.25) is 11.7 Å². The maximum atomic E-state index is 5.51. The predicted octanol–water partition coefficient (Wildman–Crippen LogP) is 4.79. The van der Waals surface area contributed by atoms with Crippen molar-refractivity contribution in [3.63, 3.8) is 0 Å². The third-order valence-electron chi connectivity index (χ3n) is 4.91. The molecule has 0 bridgehead atoms. The lowest BCUT2D eigenvalue weighted by molar-refractivity contribution is 0.117. The molecule has 1 aromatic carbocycles. The molecule has 1 fully saturated rings. The highest BCUT2D eigenvalue weighted by Gasteiger charge is 2.24. The second kappa shape index (κ2) is 7.93. The molecule has 25 heavy (non-hydrogen) atoms. The Labute approximate surface area is 152 Å². The Morgan fingerprint density at radius 2 is 2.04 bits per heavy atom. The molecule has 0 unspecified atom stereocenters. The molecule has 1 atom stereocenters. The van der Waals surface area contributed by atoms with Gasteiger partial charge in [-0.05, 0) is 49.2 Å². The Kier molecular flexibility index (Phi) is 5.23. The fraction of sp³-hybridized carbons (Fsp3) is 0.400. The zero-order valence-electron chi connectivity index (χ0n) is 14.3. The van der Waals surface area contributed by atoms with Crippen molar-refractivity contribution in [1.82, 2.24) is 15.0 Å². The van der Waals surface area contributed by atoms with Gasteiger partial charge in [-0.2, -0.15) is 4.98 Å². The Balaban J connectivity index is 1.39. The molecule has 0 spiro atoms. The van der Waals surface area contributed by atoms with Crippen molar-refractivity contribution in [2.75, 3.05) is 6.54 Å². The van der Waals surface area contributed by atoms with Gasteiger partial charge >= 0.3 is 0 Å². The van der Waals surface area contributed by atoms with Crippen molar-refractivity contribution < 1.29 is 4.52 Å². The maximum Gasteiger partial charge on any atom is 0.241 e. The summed E-state index contributed by atoms with van der Waals surface area (Å²) in [5.74, 6) is 1.44. The Bertz CT molecular complexity index is 769. The lowest BCUT2D eigenvalue weighted by atomic mass is 9.96. The number of nitrogens with zero attached hydrogens (tertiary/aromatic N) is 3. The van der Waals surface area contributed by atoms with Crippen molar-refractivity contribution >= 4 is 11.3 Å². The number of benzene rings is 1. The van der Waals surface area contributed by atoms with Gasteiger partial charge in [-0.3, -0.25) is 4.90 Å². The summed E-state index contributed by atoms with van der Waals surface area (Å²) in [7, 11) is 0. The number of hydrogen-bond donors (Lipinski definition) is 0. The second-order valence-corrected chi connectivity index (χ2v) is 7.58. The molecule has 130 valence electrons. The van der Waals surface area contributed by atoms with Crippen molar-refractivity contribution in [2.45, 2.75) is 44.7 Å². The van der Waals surface area contributed by atoms with E-state index in [2.05, 4.69) is 45.4 Å². The summed E-state index contributed by atoms with van der Waals surface area (Å²) >= 11 is 1.64.